The molecule has 5 rings (SSSR count). The third kappa shape index (κ3) is 6.10. The van der Waals surface area contributed by atoms with E-state index in [1.54, 1.807) is 37.4 Å². The molecule has 0 bridgehead atoms. The van der Waals surface area contributed by atoms with Gasteiger partial charge in [-0.2, -0.15) is 9.97 Å². The molecule has 0 amide bonds. The standard InChI is InChI=1S/C24H32N8O3P2S/c1-3-4-11-34-23-27-21-20(22(28-23)32(36)37)26-24(33)31(21)14-19-6-5-18(38-19)13-29-9-7-17(12-29)35-16(2)30-10-8-25-15-30/h5-6,8,10,15,17H,2-4,7,9,11-14,36-37H2,1H3,(H,26,33). The van der Waals surface area contributed by atoms with E-state index in [4.69, 9.17) is 9.47 Å². The van der Waals surface area contributed by atoms with Crippen LogP contribution in [0.5, 0.6) is 6.01 Å². The van der Waals surface area contributed by atoms with Crippen LogP contribution in [0.4, 0.5) is 5.82 Å². The van der Waals surface area contributed by atoms with Crippen LogP contribution in [0.3, 0.4) is 0 Å². The number of anilines is 1. The van der Waals surface area contributed by atoms with Gasteiger partial charge in [-0.3, -0.25) is 14.0 Å². The molecule has 0 aromatic carbocycles. The first kappa shape index (κ1) is 26.8. The zero-order valence-corrected chi connectivity index (χ0v) is 24.4. The van der Waals surface area contributed by atoms with Crippen molar-refractivity contribution >= 4 is 53.0 Å². The SMILES string of the molecule is C=C(OC1CCN(Cc2ccc(Cn3c(=O)[nH]c4c(N(P)P)nc(OCCCC)nc43)s2)C1)n1ccnc1. The van der Waals surface area contributed by atoms with Gasteiger partial charge in [0.25, 0.3) is 0 Å². The van der Waals surface area contributed by atoms with Gasteiger partial charge < -0.3 is 18.9 Å². The largest absolute Gasteiger partial charge is 0.474 e. The molecule has 202 valence electrons. The second kappa shape index (κ2) is 11.9. The number of imidazole rings is 2. The highest BCUT2D eigenvalue weighted by Gasteiger charge is 2.25. The molecule has 11 nitrogen and oxygen atoms in total. The van der Waals surface area contributed by atoms with Gasteiger partial charge in [0.1, 0.15) is 17.9 Å². The summed E-state index contributed by atoms with van der Waals surface area (Å²) in [5, 5.41) is 0. The lowest BCUT2D eigenvalue weighted by atomic mass is 10.3. The highest BCUT2D eigenvalue weighted by Crippen LogP contribution is 2.30. The fourth-order valence-corrected chi connectivity index (χ4v) is 5.79. The Labute approximate surface area is 229 Å². The molecule has 1 N–H and O–H groups in total. The van der Waals surface area contributed by atoms with Gasteiger partial charge in [-0.15, -0.1) is 11.3 Å². The van der Waals surface area contributed by atoms with Crippen molar-refractivity contribution in [3.05, 3.63) is 57.7 Å². The Morgan fingerprint density at radius 1 is 1.29 bits per heavy atom. The van der Waals surface area contributed by atoms with Crippen LogP contribution in [0.1, 0.15) is 35.9 Å². The Hall–Kier alpha value is -2.78. The summed E-state index contributed by atoms with van der Waals surface area (Å²) in [5.41, 5.74) is 0.861. The summed E-state index contributed by atoms with van der Waals surface area (Å²) in [6.07, 6.45) is 8.19. The molecular weight excluding hydrogens is 542 g/mol. The molecule has 5 heterocycles. The van der Waals surface area contributed by atoms with E-state index in [0.29, 0.717) is 36.0 Å². The van der Waals surface area contributed by atoms with Crippen LogP contribution in [0.25, 0.3) is 17.0 Å². The summed E-state index contributed by atoms with van der Waals surface area (Å²) in [4.78, 5) is 33.6. The van der Waals surface area contributed by atoms with Crippen molar-refractivity contribution in [1.82, 2.24) is 34.0 Å². The van der Waals surface area contributed by atoms with E-state index in [-0.39, 0.29) is 17.8 Å². The normalized spacial score (nSPS) is 15.8. The maximum atomic E-state index is 12.9. The highest BCUT2D eigenvalue weighted by molar-refractivity contribution is 7.39. The van der Waals surface area contributed by atoms with Crippen molar-refractivity contribution in [1.29, 1.82) is 0 Å². The number of rotatable bonds is 12. The molecule has 1 saturated heterocycles. The predicted molar refractivity (Wildman–Crippen MR) is 156 cm³/mol. The van der Waals surface area contributed by atoms with Gasteiger partial charge >= 0.3 is 11.7 Å². The Balaban J connectivity index is 1.26. The number of likely N-dealkylation sites (tertiary alicyclic amines) is 1. The summed E-state index contributed by atoms with van der Waals surface area (Å²) < 4.78 is 16.9. The van der Waals surface area contributed by atoms with E-state index in [2.05, 4.69) is 69.3 Å². The molecule has 1 aliphatic rings. The number of ether oxygens (including phenoxy) is 2. The number of hydrogen-bond donors (Lipinski definition) is 1. The van der Waals surface area contributed by atoms with Crippen molar-refractivity contribution < 1.29 is 9.47 Å². The van der Waals surface area contributed by atoms with Gasteiger partial charge in [0.2, 0.25) is 0 Å². The Bertz CT molecular complexity index is 1450. The number of hydrogen-bond acceptors (Lipinski definition) is 9. The van der Waals surface area contributed by atoms with Crippen LogP contribution in [-0.4, -0.2) is 59.8 Å². The fraction of sp³-hybridized carbons (Fsp3) is 0.417. The highest BCUT2D eigenvalue weighted by atomic mass is 32.1. The van der Waals surface area contributed by atoms with Crippen molar-refractivity contribution in [3.63, 3.8) is 0 Å². The molecule has 3 atom stereocenters. The van der Waals surface area contributed by atoms with Gasteiger partial charge in [-0.05, 0) is 50.3 Å². The first-order valence-corrected chi connectivity index (χ1v) is 14.3. The second-order valence-corrected chi connectivity index (χ2v) is 12.1. The summed E-state index contributed by atoms with van der Waals surface area (Å²) in [5.74, 6) is 1.15. The first-order chi connectivity index (χ1) is 18.4. The number of nitrogens with one attached hydrogen (secondary N) is 1. The average molecular weight is 575 g/mol. The molecule has 4 aromatic heterocycles. The number of unbranched alkanes of at least 4 members (excludes halogenated alkanes) is 1. The quantitative estimate of drug-likeness (QED) is 0.155. The maximum Gasteiger partial charge on any atom is 0.328 e. The van der Waals surface area contributed by atoms with Crippen LogP contribution in [0, 0.1) is 0 Å². The van der Waals surface area contributed by atoms with Crippen molar-refractivity contribution in [2.24, 2.45) is 0 Å². The summed E-state index contributed by atoms with van der Waals surface area (Å²) >= 11 is 1.70. The zero-order valence-electron chi connectivity index (χ0n) is 21.2. The average Bonchev–Trinajstić information content (AvgIpc) is 3.69. The molecular formula is C24H32N8O3P2S. The van der Waals surface area contributed by atoms with Gasteiger partial charge in [0, 0.05) is 41.8 Å². The lowest BCUT2D eigenvalue weighted by Gasteiger charge is -2.17. The molecule has 0 saturated carbocycles. The van der Waals surface area contributed by atoms with Crippen LogP contribution in [-0.2, 0) is 17.8 Å². The minimum Gasteiger partial charge on any atom is -0.474 e. The van der Waals surface area contributed by atoms with E-state index >= 15 is 0 Å². The number of aromatic nitrogens is 6. The smallest absolute Gasteiger partial charge is 0.328 e. The zero-order chi connectivity index (χ0) is 26.6. The third-order valence-corrected chi connectivity index (χ3v) is 7.84. The minimum absolute atomic E-state index is 0.102. The molecule has 3 unspecified atom stereocenters. The Morgan fingerprint density at radius 3 is 2.84 bits per heavy atom. The third-order valence-electron chi connectivity index (χ3n) is 6.29. The van der Waals surface area contributed by atoms with Crippen molar-refractivity contribution in [2.45, 2.75) is 45.4 Å². The lowest BCUT2D eigenvalue weighted by molar-refractivity contribution is 0.156. The van der Waals surface area contributed by atoms with Crippen LogP contribution < -0.4 is 14.9 Å². The van der Waals surface area contributed by atoms with Gasteiger partial charge in [0.15, 0.2) is 17.3 Å². The molecule has 14 heteroatoms. The maximum absolute atomic E-state index is 12.9. The van der Waals surface area contributed by atoms with E-state index in [9.17, 15) is 4.79 Å². The summed E-state index contributed by atoms with van der Waals surface area (Å²) in [6.45, 7) is 9.68. The van der Waals surface area contributed by atoms with E-state index in [1.807, 2.05) is 6.20 Å². The fourth-order valence-electron chi connectivity index (χ4n) is 4.37. The summed E-state index contributed by atoms with van der Waals surface area (Å²) in [7, 11) is 5.07. The Morgan fingerprint density at radius 2 is 2.11 bits per heavy atom. The molecule has 0 radical (unpaired) electrons. The summed E-state index contributed by atoms with van der Waals surface area (Å²) in [6, 6.07) is 4.47. The van der Waals surface area contributed by atoms with E-state index in [0.717, 1.165) is 43.8 Å². The van der Waals surface area contributed by atoms with E-state index in [1.165, 1.54) is 4.88 Å². The van der Waals surface area contributed by atoms with Crippen LogP contribution >= 0.6 is 30.1 Å². The van der Waals surface area contributed by atoms with Crippen LogP contribution in [0.2, 0.25) is 0 Å². The van der Waals surface area contributed by atoms with Crippen molar-refractivity contribution in [3.8, 4) is 6.01 Å². The monoisotopic (exact) mass is 574 g/mol. The molecule has 0 aliphatic carbocycles. The number of nitrogens with zero attached hydrogens (tertiary/aromatic N) is 7. The molecule has 0 spiro atoms. The topological polar surface area (TPSA) is 106 Å². The van der Waals surface area contributed by atoms with Crippen molar-refractivity contribution in [2.75, 3.05) is 24.1 Å². The van der Waals surface area contributed by atoms with Gasteiger partial charge in [0.05, 0.1) is 13.2 Å². The van der Waals surface area contributed by atoms with Gasteiger partial charge in [-0.25, -0.2) is 9.78 Å². The molecule has 38 heavy (non-hydrogen) atoms. The molecule has 1 fully saturated rings. The minimum atomic E-state index is -0.231. The number of thiophene rings is 1. The van der Waals surface area contributed by atoms with Gasteiger partial charge in [-0.1, -0.05) is 13.3 Å². The lowest BCUT2D eigenvalue weighted by Crippen LogP contribution is -2.22. The number of H-pyrrole nitrogens is 1. The number of fused-ring (bicyclic) bond motifs is 1. The predicted octanol–water partition coefficient (Wildman–Crippen LogP) is 3.71. The molecule has 1 aliphatic heterocycles. The Kier molecular flexibility index (Phi) is 8.43. The van der Waals surface area contributed by atoms with Crippen LogP contribution in [0.15, 0.2) is 42.2 Å². The first-order valence-electron chi connectivity index (χ1n) is 12.5. The molecule has 4 aromatic rings. The van der Waals surface area contributed by atoms with E-state index < -0.39 is 0 Å². The number of aromatic amines is 1. The second-order valence-electron chi connectivity index (χ2n) is 9.15.